The van der Waals surface area contributed by atoms with Gasteiger partial charge in [-0.3, -0.25) is 14.8 Å². The van der Waals surface area contributed by atoms with Gasteiger partial charge in [0, 0.05) is 66.5 Å². The highest BCUT2D eigenvalue weighted by Gasteiger charge is 2.42. The van der Waals surface area contributed by atoms with Gasteiger partial charge in [0.15, 0.2) is 0 Å². The van der Waals surface area contributed by atoms with Crippen LogP contribution in [-0.4, -0.2) is 44.3 Å². The molecule has 0 radical (unpaired) electrons. The smallest absolute Gasteiger partial charge is 0.334 e. The van der Waals surface area contributed by atoms with Crippen LogP contribution in [0.25, 0.3) is 11.1 Å². The van der Waals surface area contributed by atoms with Gasteiger partial charge < -0.3 is 4.90 Å². The molecular formula is C25H23F5N4O. The fraction of sp³-hybridized carbons (Fsp3) is 0.360. The summed E-state index contributed by atoms with van der Waals surface area (Å²) in [5.74, 6) is -3.41. The Bertz CT molecular complexity index is 1180. The molecular weight excluding hydrogens is 467 g/mol. The van der Waals surface area contributed by atoms with Crippen LogP contribution in [-0.2, 0) is 12.6 Å². The van der Waals surface area contributed by atoms with Gasteiger partial charge in [-0.2, -0.15) is 13.2 Å². The number of hydrogen-bond acceptors (Lipinski definition) is 4. The molecule has 0 bridgehead atoms. The van der Waals surface area contributed by atoms with Crippen molar-refractivity contribution in [2.75, 3.05) is 6.54 Å². The lowest BCUT2D eigenvalue weighted by Gasteiger charge is -2.39. The highest BCUT2D eigenvalue weighted by Crippen LogP contribution is 2.35. The molecule has 0 spiro atoms. The Balaban J connectivity index is 1.58. The molecule has 1 aliphatic heterocycles. The standard InChI is InChI=1S/C25H23F5N4O/c1-16-4-9-21(17-3-2-11-31-14-17)22(33-16)23(35)34-12-10-24(26,27)13-20(34)8-7-19-6-5-18(15-32-19)25(28,29)30/h2-6,9,11,14-15,20H,7-8,10,12-13H2,1H3. The Morgan fingerprint density at radius 2 is 1.94 bits per heavy atom. The molecule has 35 heavy (non-hydrogen) atoms. The fourth-order valence-electron chi connectivity index (χ4n) is 4.21. The van der Waals surface area contributed by atoms with Crippen molar-refractivity contribution in [2.24, 2.45) is 0 Å². The van der Waals surface area contributed by atoms with Gasteiger partial charge in [0.2, 0.25) is 0 Å². The maximum Gasteiger partial charge on any atom is 0.417 e. The first-order valence-corrected chi connectivity index (χ1v) is 11.1. The first-order valence-electron chi connectivity index (χ1n) is 11.1. The van der Waals surface area contributed by atoms with Crippen molar-refractivity contribution in [1.29, 1.82) is 0 Å². The number of pyridine rings is 3. The number of aryl methyl sites for hydroxylation is 2. The Kier molecular flexibility index (Phi) is 6.82. The van der Waals surface area contributed by atoms with Crippen molar-refractivity contribution in [2.45, 2.75) is 50.7 Å². The number of likely N-dealkylation sites (tertiary alicyclic amines) is 1. The van der Waals surface area contributed by atoms with Crippen molar-refractivity contribution in [3.05, 3.63) is 77.6 Å². The summed E-state index contributed by atoms with van der Waals surface area (Å²) in [5.41, 5.74) is 1.44. The van der Waals surface area contributed by atoms with Crippen molar-refractivity contribution >= 4 is 5.91 Å². The second-order valence-electron chi connectivity index (χ2n) is 8.63. The van der Waals surface area contributed by atoms with Crippen LogP contribution < -0.4 is 0 Å². The zero-order chi connectivity index (χ0) is 25.2. The SMILES string of the molecule is Cc1ccc(-c2cccnc2)c(C(=O)N2CCC(F)(F)CC2CCc2ccc(C(F)(F)F)cn2)n1. The van der Waals surface area contributed by atoms with Gasteiger partial charge in [0.1, 0.15) is 5.69 Å². The molecule has 1 fully saturated rings. The van der Waals surface area contributed by atoms with Crippen LogP contribution >= 0.6 is 0 Å². The first-order chi connectivity index (χ1) is 16.5. The molecule has 1 unspecified atom stereocenters. The number of hydrogen-bond donors (Lipinski definition) is 0. The monoisotopic (exact) mass is 490 g/mol. The number of carbonyl (C=O) groups is 1. The van der Waals surface area contributed by atoms with Crippen LogP contribution in [0.5, 0.6) is 0 Å². The van der Waals surface area contributed by atoms with E-state index in [-0.39, 0.29) is 25.1 Å². The van der Waals surface area contributed by atoms with Crippen molar-refractivity contribution in [3.63, 3.8) is 0 Å². The number of carbonyl (C=O) groups excluding carboxylic acids is 1. The summed E-state index contributed by atoms with van der Waals surface area (Å²) in [6.07, 6.45) is -1.30. The molecule has 10 heteroatoms. The third-order valence-electron chi connectivity index (χ3n) is 6.05. The third-order valence-corrected chi connectivity index (χ3v) is 6.05. The predicted molar refractivity (Wildman–Crippen MR) is 119 cm³/mol. The molecule has 1 amide bonds. The minimum absolute atomic E-state index is 0.133. The van der Waals surface area contributed by atoms with Gasteiger partial charge in [-0.15, -0.1) is 0 Å². The Labute approximate surface area is 199 Å². The van der Waals surface area contributed by atoms with Crippen molar-refractivity contribution in [3.8, 4) is 11.1 Å². The zero-order valence-electron chi connectivity index (χ0n) is 18.9. The molecule has 0 aliphatic carbocycles. The fourth-order valence-corrected chi connectivity index (χ4v) is 4.21. The molecule has 0 N–H and O–H groups in total. The van der Waals surface area contributed by atoms with Gasteiger partial charge in [-0.25, -0.2) is 13.8 Å². The molecule has 1 saturated heterocycles. The molecule has 184 valence electrons. The third kappa shape index (κ3) is 5.80. The number of amides is 1. The molecule has 0 saturated carbocycles. The summed E-state index contributed by atoms with van der Waals surface area (Å²) in [6, 6.07) is 8.36. The van der Waals surface area contributed by atoms with Crippen LogP contribution in [0.4, 0.5) is 22.0 Å². The van der Waals surface area contributed by atoms with Crippen molar-refractivity contribution < 1.29 is 26.7 Å². The average Bonchev–Trinajstić information content (AvgIpc) is 2.82. The van der Waals surface area contributed by atoms with Gasteiger partial charge >= 0.3 is 6.18 Å². The van der Waals surface area contributed by atoms with E-state index in [1.807, 2.05) is 0 Å². The Hall–Kier alpha value is -3.43. The molecule has 1 atom stereocenters. The number of piperidine rings is 1. The van der Waals surface area contributed by atoms with Crippen LogP contribution in [0.3, 0.4) is 0 Å². The van der Waals surface area contributed by atoms with E-state index in [1.165, 1.54) is 11.0 Å². The predicted octanol–water partition coefficient (Wildman–Crippen LogP) is 5.74. The van der Waals surface area contributed by atoms with Gasteiger partial charge in [-0.05, 0) is 44.0 Å². The molecule has 3 aromatic heterocycles. The normalized spacial score (nSPS) is 17.9. The van der Waals surface area contributed by atoms with Crippen LogP contribution in [0.1, 0.15) is 46.7 Å². The number of halogens is 5. The summed E-state index contributed by atoms with van der Waals surface area (Å²) in [7, 11) is 0. The molecule has 3 aromatic rings. The van der Waals surface area contributed by atoms with E-state index < -0.39 is 42.5 Å². The number of aromatic nitrogens is 3. The van der Waals surface area contributed by atoms with Crippen LogP contribution in [0, 0.1) is 6.92 Å². The van der Waals surface area contributed by atoms with E-state index in [4.69, 9.17) is 0 Å². The summed E-state index contributed by atoms with van der Waals surface area (Å²) in [5, 5.41) is 0. The highest BCUT2D eigenvalue weighted by molar-refractivity contribution is 5.99. The maximum absolute atomic E-state index is 14.3. The van der Waals surface area contributed by atoms with Crippen LogP contribution in [0.15, 0.2) is 55.0 Å². The number of nitrogens with zero attached hydrogens (tertiary/aromatic N) is 4. The lowest BCUT2D eigenvalue weighted by molar-refractivity contribution is -0.137. The van der Waals surface area contributed by atoms with Gasteiger partial charge in [0.25, 0.3) is 11.8 Å². The molecule has 4 rings (SSSR count). The largest absolute Gasteiger partial charge is 0.417 e. The summed E-state index contributed by atoms with van der Waals surface area (Å²) >= 11 is 0. The molecule has 1 aliphatic rings. The zero-order valence-corrected chi connectivity index (χ0v) is 18.9. The van der Waals surface area contributed by atoms with E-state index in [1.54, 1.807) is 43.6 Å². The average molecular weight is 490 g/mol. The van der Waals surface area contributed by atoms with Crippen molar-refractivity contribution in [1.82, 2.24) is 19.9 Å². The van der Waals surface area contributed by atoms with Crippen LogP contribution in [0.2, 0.25) is 0 Å². The number of rotatable bonds is 5. The van der Waals surface area contributed by atoms with E-state index in [0.29, 0.717) is 22.5 Å². The molecule has 4 heterocycles. The lowest BCUT2D eigenvalue weighted by Crippen LogP contribution is -2.50. The Morgan fingerprint density at radius 3 is 2.60 bits per heavy atom. The Morgan fingerprint density at radius 1 is 1.14 bits per heavy atom. The topological polar surface area (TPSA) is 59.0 Å². The van der Waals surface area contributed by atoms with E-state index in [0.717, 1.165) is 12.3 Å². The summed E-state index contributed by atoms with van der Waals surface area (Å²) in [6.45, 7) is 1.58. The van der Waals surface area contributed by atoms with Gasteiger partial charge in [0.05, 0.1) is 5.56 Å². The molecule has 0 aromatic carbocycles. The summed E-state index contributed by atoms with van der Waals surface area (Å²) in [4.78, 5) is 27.3. The minimum atomic E-state index is -4.51. The quantitative estimate of drug-likeness (QED) is 0.428. The molecule has 5 nitrogen and oxygen atoms in total. The van der Waals surface area contributed by atoms with Gasteiger partial charge in [-0.1, -0.05) is 12.1 Å². The maximum atomic E-state index is 14.3. The highest BCUT2D eigenvalue weighted by atomic mass is 19.4. The van der Waals surface area contributed by atoms with E-state index in [2.05, 4.69) is 15.0 Å². The van der Waals surface area contributed by atoms with E-state index in [9.17, 15) is 26.7 Å². The second-order valence-corrected chi connectivity index (χ2v) is 8.63. The first kappa shape index (κ1) is 24.7. The van der Waals surface area contributed by atoms with E-state index >= 15 is 0 Å². The second kappa shape index (κ2) is 9.67. The summed E-state index contributed by atoms with van der Waals surface area (Å²) < 4.78 is 67.0. The minimum Gasteiger partial charge on any atom is -0.334 e. The lowest BCUT2D eigenvalue weighted by atomic mass is 9.93. The number of alkyl halides is 5.